The van der Waals surface area contributed by atoms with Gasteiger partial charge in [-0.25, -0.2) is 4.39 Å². The Bertz CT molecular complexity index is 629. The summed E-state index contributed by atoms with van der Waals surface area (Å²) in [6.45, 7) is 9.86. The fourth-order valence-electron chi connectivity index (χ4n) is 2.14. The molecule has 108 valence electrons. The minimum atomic E-state index is -0.212. The Morgan fingerprint density at radius 3 is 2.45 bits per heavy atom. The lowest BCUT2D eigenvalue weighted by molar-refractivity contribution is 0.480. The fraction of sp³-hybridized carbons (Fsp3) is 0.467. The van der Waals surface area contributed by atoms with Crippen LogP contribution in [0.4, 0.5) is 4.39 Å². The molecule has 0 spiro atoms. The summed E-state index contributed by atoms with van der Waals surface area (Å²) < 4.78 is 15.6. The first-order chi connectivity index (χ1) is 9.21. The first-order valence-electron chi connectivity index (χ1n) is 6.58. The second kappa shape index (κ2) is 5.17. The van der Waals surface area contributed by atoms with Crippen LogP contribution in [0, 0.1) is 12.7 Å². The zero-order chi connectivity index (χ0) is 15.1. The quantitative estimate of drug-likeness (QED) is 0.827. The zero-order valence-corrected chi connectivity index (χ0v) is 13.2. The van der Waals surface area contributed by atoms with Crippen molar-refractivity contribution >= 4 is 11.6 Å². The van der Waals surface area contributed by atoms with E-state index >= 15 is 0 Å². The van der Waals surface area contributed by atoms with Crippen LogP contribution in [0.3, 0.4) is 0 Å². The van der Waals surface area contributed by atoms with E-state index in [1.165, 1.54) is 0 Å². The number of nitrogens with zero attached hydrogens (tertiary/aromatic N) is 3. The molecule has 0 bridgehead atoms. The van der Waals surface area contributed by atoms with Crippen molar-refractivity contribution in [3.8, 4) is 0 Å². The molecule has 20 heavy (non-hydrogen) atoms. The molecular weight excluding hydrogens is 277 g/mol. The maximum absolute atomic E-state index is 13.7. The summed E-state index contributed by atoms with van der Waals surface area (Å²) in [7, 11) is 0. The average molecular weight is 296 g/mol. The second-order valence-corrected chi connectivity index (χ2v) is 6.44. The molecule has 0 saturated carbocycles. The highest BCUT2D eigenvalue weighted by Crippen LogP contribution is 2.30. The lowest BCUT2D eigenvalue weighted by atomic mass is 9.94. The second-order valence-electron chi connectivity index (χ2n) is 6.10. The van der Waals surface area contributed by atoms with Crippen LogP contribution in [-0.4, -0.2) is 14.8 Å². The lowest BCUT2D eigenvalue weighted by Gasteiger charge is -2.23. The maximum Gasteiger partial charge on any atom is 0.225 e. The van der Waals surface area contributed by atoms with Crippen molar-refractivity contribution in [3.05, 3.63) is 46.3 Å². The van der Waals surface area contributed by atoms with Crippen LogP contribution in [0.2, 0.25) is 5.28 Å². The molecule has 3 nitrogen and oxygen atoms in total. The van der Waals surface area contributed by atoms with Gasteiger partial charge in [-0.2, -0.15) is 0 Å². The van der Waals surface area contributed by atoms with E-state index in [2.05, 4.69) is 10.2 Å². The minimum absolute atomic E-state index is 0.123. The van der Waals surface area contributed by atoms with E-state index < -0.39 is 0 Å². The van der Waals surface area contributed by atoms with Crippen molar-refractivity contribution < 1.29 is 4.39 Å². The molecule has 2 rings (SSSR count). The van der Waals surface area contributed by atoms with Gasteiger partial charge in [0.15, 0.2) is 0 Å². The van der Waals surface area contributed by atoms with Crippen LogP contribution in [0.25, 0.3) is 0 Å². The van der Waals surface area contributed by atoms with Crippen LogP contribution >= 0.6 is 11.6 Å². The first kappa shape index (κ1) is 15.0. The molecule has 0 fully saturated rings. The Hall–Kier alpha value is -1.42. The molecule has 0 aliphatic heterocycles. The Balaban J connectivity index is 2.50. The van der Waals surface area contributed by atoms with Crippen LogP contribution < -0.4 is 0 Å². The highest BCUT2D eigenvalue weighted by atomic mass is 35.5. The Kier molecular flexibility index (Phi) is 3.87. The smallest absolute Gasteiger partial charge is 0.225 e. The molecule has 0 amide bonds. The molecule has 1 heterocycles. The average Bonchev–Trinajstić information content (AvgIpc) is 2.73. The van der Waals surface area contributed by atoms with Gasteiger partial charge >= 0.3 is 0 Å². The number of aryl methyl sites for hydroxylation is 1. The largest absolute Gasteiger partial charge is 0.294 e. The van der Waals surface area contributed by atoms with E-state index in [9.17, 15) is 4.39 Å². The van der Waals surface area contributed by atoms with E-state index in [-0.39, 0.29) is 17.3 Å². The SMILES string of the molecule is Cc1ccc(C(C)n2c(Cl)nnc2C(C)(C)C)cc1F. The summed E-state index contributed by atoms with van der Waals surface area (Å²) >= 11 is 6.16. The molecule has 0 aliphatic rings. The fourth-order valence-corrected chi connectivity index (χ4v) is 2.41. The van der Waals surface area contributed by atoms with E-state index in [0.717, 1.165) is 11.4 Å². The van der Waals surface area contributed by atoms with E-state index in [0.29, 0.717) is 10.8 Å². The van der Waals surface area contributed by atoms with Gasteiger partial charge in [-0.05, 0) is 42.6 Å². The third-order valence-electron chi connectivity index (χ3n) is 3.39. The molecule has 0 N–H and O–H groups in total. The minimum Gasteiger partial charge on any atom is -0.294 e. The topological polar surface area (TPSA) is 30.7 Å². The van der Waals surface area contributed by atoms with Crippen LogP contribution in [0.15, 0.2) is 18.2 Å². The molecule has 5 heteroatoms. The number of halogens is 2. The van der Waals surface area contributed by atoms with Gasteiger partial charge < -0.3 is 0 Å². The van der Waals surface area contributed by atoms with Gasteiger partial charge in [-0.3, -0.25) is 4.57 Å². The standard InChI is InChI=1S/C15H19ClFN3/c1-9-6-7-11(8-12(9)17)10(2)20-13(15(3,4)5)18-19-14(20)16/h6-8,10H,1-5H3. The van der Waals surface area contributed by atoms with Gasteiger partial charge in [0, 0.05) is 5.41 Å². The summed E-state index contributed by atoms with van der Waals surface area (Å²) in [4.78, 5) is 0. The Labute approximate surface area is 123 Å². The van der Waals surface area contributed by atoms with Crippen LogP contribution in [0.1, 0.15) is 50.7 Å². The summed E-state index contributed by atoms with van der Waals surface area (Å²) in [6, 6.07) is 5.10. The first-order valence-corrected chi connectivity index (χ1v) is 6.96. The molecule has 1 atom stereocenters. The zero-order valence-electron chi connectivity index (χ0n) is 12.4. The predicted octanol–water partition coefficient (Wildman–Crippen LogP) is 4.29. The molecule has 0 aliphatic carbocycles. The monoisotopic (exact) mass is 295 g/mol. The van der Waals surface area contributed by atoms with Gasteiger partial charge in [-0.15, -0.1) is 10.2 Å². The van der Waals surface area contributed by atoms with E-state index in [1.807, 2.05) is 38.3 Å². The number of aromatic nitrogens is 3. The summed E-state index contributed by atoms with van der Waals surface area (Å²) in [6.07, 6.45) is 0. The van der Waals surface area contributed by atoms with Gasteiger partial charge in [0.1, 0.15) is 11.6 Å². The Morgan fingerprint density at radius 2 is 1.90 bits per heavy atom. The third-order valence-corrected chi connectivity index (χ3v) is 3.65. The number of hydrogen-bond donors (Lipinski definition) is 0. The van der Waals surface area contributed by atoms with Gasteiger partial charge in [0.25, 0.3) is 0 Å². The van der Waals surface area contributed by atoms with E-state index in [4.69, 9.17) is 11.6 Å². The molecule has 1 aromatic heterocycles. The van der Waals surface area contributed by atoms with Gasteiger partial charge in [0.05, 0.1) is 6.04 Å². The third kappa shape index (κ3) is 2.70. The van der Waals surface area contributed by atoms with Crippen molar-refractivity contribution in [3.63, 3.8) is 0 Å². The van der Waals surface area contributed by atoms with Crippen molar-refractivity contribution in [1.82, 2.24) is 14.8 Å². The van der Waals surface area contributed by atoms with Crippen molar-refractivity contribution in [2.24, 2.45) is 0 Å². The molecule has 0 saturated heterocycles. The number of benzene rings is 1. The molecule has 2 aromatic rings. The summed E-state index contributed by atoms with van der Waals surface area (Å²) in [5, 5.41) is 8.44. The maximum atomic E-state index is 13.7. The van der Waals surface area contributed by atoms with Crippen molar-refractivity contribution in [2.45, 2.75) is 46.1 Å². The highest BCUT2D eigenvalue weighted by molar-refractivity contribution is 6.28. The number of rotatable bonds is 2. The predicted molar refractivity (Wildman–Crippen MR) is 78.7 cm³/mol. The van der Waals surface area contributed by atoms with Gasteiger partial charge in [0.2, 0.25) is 5.28 Å². The summed E-state index contributed by atoms with van der Waals surface area (Å²) in [5.74, 6) is 0.576. The van der Waals surface area contributed by atoms with Gasteiger partial charge in [-0.1, -0.05) is 32.9 Å². The van der Waals surface area contributed by atoms with Crippen LogP contribution in [0.5, 0.6) is 0 Å². The van der Waals surface area contributed by atoms with Crippen LogP contribution in [-0.2, 0) is 5.41 Å². The van der Waals surface area contributed by atoms with Crippen molar-refractivity contribution in [2.75, 3.05) is 0 Å². The molecule has 1 aromatic carbocycles. The molecular formula is C15H19ClFN3. The van der Waals surface area contributed by atoms with Crippen molar-refractivity contribution in [1.29, 1.82) is 0 Å². The molecule has 1 unspecified atom stereocenters. The van der Waals surface area contributed by atoms with E-state index in [1.54, 1.807) is 19.1 Å². The lowest BCUT2D eigenvalue weighted by Crippen LogP contribution is -2.22. The molecule has 0 radical (unpaired) electrons. The number of hydrogen-bond acceptors (Lipinski definition) is 2. The normalized spacial score (nSPS) is 13.6. The Morgan fingerprint density at radius 1 is 1.25 bits per heavy atom. The highest BCUT2D eigenvalue weighted by Gasteiger charge is 2.26. The summed E-state index contributed by atoms with van der Waals surface area (Å²) in [5.41, 5.74) is 1.30.